The number of fused-ring (bicyclic) bond motifs is 7. The lowest BCUT2D eigenvalue weighted by atomic mass is 9.33. The maximum atomic E-state index is 9.29. The molecule has 12 rings (SSSR count). The Morgan fingerprint density at radius 1 is 0.437 bits per heavy atom. The SMILES string of the molecule is [2H]C([2H])([2H])c1cc2c3c(c1)N(c1ccc4c(c1C)C(C)(C)CCC4(C)C)c1ccc(N(c4ccccc4)c4ccccc4)cc1B3c1cc3c(cc1N2c1cc2c(cc1C)C(C)(C)CC2(C)C)C(C)(C)CC3(C)C. The minimum Gasteiger partial charge on any atom is -0.311 e. The standard InChI is InChI=1S/C67H74BN3/c1-41-32-58-61-59(33-41)71(56-37-50-48(34-42(56)2)64(8,9)39-66(50,12)13)57-38-51-49(65(10,11)40-67(51,14)15)36-53(57)68(61)52-35-46(69(44-22-18-16-19-23-44)45-24-20-17-21-25-45)26-28-55(52)70(58)54-29-27-47-60(43(54)3)63(6,7)31-30-62(47,4)5/h16-29,32-38H,30-31,39-40H2,1-15H3/i1D3. The smallest absolute Gasteiger partial charge is 0.252 e. The zero-order chi connectivity index (χ0) is 52.6. The van der Waals surface area contributed by atoms with E-state index in [1.165, 1.54) is 55.4 Å². The summed E-state index contributed by atoms with van der Waals surface area (Å²) in [5.74, 6) is 0. The summed E-state index contributed by atoms with van der Waals surface area (Å²) in [4.78, 5) is 7.36. The van der Waals surface area contributed by atoms with Gasteiger partial charge in [0.1, 0.15) is 0 Å². The van der Waals surface area contributed by atoms with Crippen LogP contribution in [0.2, 0.25) is 0 Å². The molecule has 0 radical (unpaired) electrons. The van der Waals surface area contributed by atoms with Crippen molar-refractivity contribution in [2.75, 3.05) is 14.7 Å². The van der Waals surface area contributed by atoms with Gasteiger partial charge in [0.05, 0.1) is 0 Å². The molecule has 0 aromatic heterocycles. The molecule has 7 aromatic rings. The van der Waals surface area contributed by atoms with E-state index in [1.54, 1.807) is 0 Å². The summed E-state index contributed by atoms with van der Waals surface area (Å²) in [7, 11) is 0. The Hall–Kier alpha value is -6.00. The molecule has 0 saturated heterocycles. The Balaban J connectivity index is 1.23. The first-order chi connectivity index (χ1) is 34.6. The van der Waals surface area contributed by atoms with Gasteiger partial charge in [0, 0.05) is 55.3 Å². The fraction of sp³-hybridized carbons (Fsp3) is 0.373. The molecule has 3 aliphatic carbocycles. The van der Waals surface area contributed by atoms with Crippen molar-refractivity contribution in [3.8, 4) is 0 Å². The van der Waals surface area contributed by atoms with Crippen molar-refractivity contribution >= 4 is 74.3 Å². The highest BCUT2D eigenvalue weighted by Crippen LogP contribution is 2.57. The molecule has 71 heavy (non-hydrogen) atoms. The monoisotopic (exact) mass is 935 g/mol. The summed E-state index contributed by atoms with van der Waals surface area (Å²) in [6.07, 6.45) is 4.31. The normalized spacial score (nSPS) is 20.4. The summed E-state index contributed by atoms with van der Waals surface area (Å²) >= 11 is 0. The fourth-order valence-electron chi connectivity index (χ4n) is 15.3. The highest BCUT2D eigenvalue weighted by molar-refractivity contribution is 7.00. The predicted molar refractivity (Wildman–Crippen MR) is 306 cm³/mol. The second-order valence-corrected chi connectivity index (χ2v) is 26.2. The molecule has 0 bridgehead atoms. The van der Waals surface area contributed by atoms with Gasteiger partial charge in [-0.15, -0.1) is 0 Å². The molecule has 0 saturated carbocycles. The molecule has 360 valence electrons. The second-order valence-electron chi connectivity index (χ2n) is 26.2. The Bertz CT molecular complexity index is 3450. The molecule has 2 aliphatic heterocycles. The quantitative estimate of drug-likeness (QED) is 0.159. The van der Waals surface area contributed by atoms with E-state index < -0.39 is 6.85 Å². The lowest BCUT2D eigenvalue weighted by Crippen LogP contribution is -2.61. The van der Waals surface area contributed by atoms with E-state index in [9.17, 15) is 4.11 Å². The maximum Gasteiger partial charge on any atom is 0.252 e. The molecule has 0 spiro atoms. The Labute approximate surface area is 430 Å². The molecule has 0 fully saturated rings. The first-order valence-electron chi connectivity index (χ1n) is 27.9. The number of hydrogen-bond donors (Lipinski definition) is 0. The van der Waals surface area contributed by atoms with Crippen LogP contribution in [0.25, 0.3) is 0 Å². The van der Waals surface area contributed by atoms with Gasteiger partial charge in [0.25, 0.3) is 6.71 Å². The molecule has 4 heteroatoms. The van der Waals surface area contributed by atoms with Crippen LogP contribution < -0.4 is 31.1 Å². The lowest BCUT2D eigenvalue weighted by Gasteiger charge is -2.47. The number of aryl methyl sites for hydroxylation is 2. The van der Waals surface area contributed by atoms with Crippen LogP contribution in [0.3, 0.4) is 0 Å². The largest absolute Gasteiger partial charge is 0.311 e. The van der Waals surface area contributed by atoms with Gasteiger partial charge in [0.2, 0.25) is 0 Å². The van der Waals surface area contributed by atoms with Gasteiger partial charge in [0.15, 0.2) is 0 Å². The van der Waals surface area contributed by atoms with Gasteiger partial charge in [-0.25, -0.2) is 0 Å². The van der Waals surface area contributed by atoms with Gasteiger partial charge < -0.3 is 14.7 Å². The Morgan fingerprint density at radius 3 is 1.51 bits per heavy atom. The molecule has 5 aliphatic rings. The zero-order valence-electron chi connectivity index (χ0n) is 47.9. The summed E-state index contributed by atoms with van der Waals surface area (Å²) in [6.45, 7) is 30.9. The third-order valence-electron chi connectivity index (χ3n) is 18.2. The highest BCUT2D eigenvalue weighted by atomic mass is 15.2. The van der Waals surface area contributed by atoms with Gasteiger partial charge in [-0.2, -0.15) is 0 Å². The van der Waals surface area contributed by atoms with E-state index in [1.807, 2.05) is 12.1 Å². The number of benzene rings is 7. The summed E-state index contributed by atoms with van der Waals surface area (Å²) in [6, 6.07) is 47.4. The van der Waals surface area contributed by atoms with Crippen molar-refractivity contribution < 1.29 is 4.11 Å². The van der Waals surface area contributed by atoms with Crippen LogP contribution in [0, 0.1) is 20.7 Å². The third-order valence-corrected chi connectivity index (χ3v) is 18.2. The van der Waals surface area contributed by atoms with Crippen molar-refractivity contribution in [1.82, 2.24) is 0 Å². The summed E-state index contributed by atoms with van der Waals surface area (Å²) in [5, 5.41) is 0. The van der Waals surface area contributed by atoms with Crippen molar-refractivity contribution in [2.45, 2.75) is 162 Å². The third kappa shape index (κ3) is 6.74. The van der Waals surface area contributed by atoms with Crippen molar-refractivity contribution in [3.63, 3.8) is 0 Å². The molecular weight excluding hydrogens is 858 g/mol. The Kier molecular flexibility index (Phi) is 9.03. The molecule has 2 heterocycles. The molecule has 0 N–H and O–H groups in total. The van der Waals surface area contributed by atoms with E-state index in [2.05, 4.69) is 227 Å². The summed E-state index contributed by atoms with van der Waals surface area (Å²) < 4.78 is 27.9. The predicted octanol–water partition coefficient (Wildman–Crippen LogP) is 16.4. The topological polar surface area (TPSA) is 9.72 Å². The van der Waals surface area contributed by atoms with Crippen LogP contribution in [0.1, 0.15) is 163 Å². The number of anilines is 9. The number of nitrogens with zero attached hydrogens (tertiary/aromatic N) is 3. The van der Waals surface area contributed by atoms with Gasteiger partial charge in [-0.05, 0) is 218 Å². The Morgan fingerprint density at radius 2 is 0.930 bits per heavy atom. The first kappa shape index (κ1) is 42.7. The fourth-order valence-corrected chi connectivity index (χ4v) is 15.3. The maximum absolute atomic E-state index is 9.29. The molecule has 7 aromatic carbocycles. The van der Waals surface area contributed by atoms with Crippen LogP contribution in [0.4, 0.5) is 51.2 Å². The van der Waals surface area contributed by atoms with Crippen molar-refractivity contribution in [1.29, 1.82) is 0 Å². The van der Waals surface area contributed by atoms with Crippen LogP contribution >= 0.6 is 0 Å². The average molecular weight is 935 g/mol. The van der Waals surface area contributed by atoms with Crippen LogP contribution in [0.15, 0.2) is 127 Å². The van der Waals surface area contributed by atoms with E-state index in [-0.39, 0.29) is 39.2 Å². The number of para-hydroxylation sites is 2. The van der Waals surface area contributed by atoms with Gasteiger partial charge in [-0.3, -0.25) is 0 Å². The number of rotatable bonds is 5. The van der Waals surface area contributed by atoms with Crippen LogP contribution in [-0.4, -0.2) is 6.71 Å². The summed E-state index contributed by atoms with van der Waals surface area (Å²) in [5.41, 5.74) is 24.2. The first-order valence-corrected chi connectivity index (χ1v) is 26.4. The lowest BCUT2D eigenvalue weighted by molar-refractivity contribution is 0.330. The second kappa shape index (κ2) is 15.0. The average Bonchev–Trinajstić information content (AvgIpc) is 3.63. The minimum atomic E-state index is -2.38. The van der Waals surface area contributed by atoms with E-state index in [0.717, 1.165) is 82.3 Å². The highest BCUT2D eigenvalue weighted by Gasteiger charge is 2.50. The molecular formula is C67H74BN3. The van der Waals surface area contributed by atoms with E-state index in [4.69, 9.17) is 0 Å². The van der Waals surface area contributed by atoms with E-state index >= 15 is 0 Å². The minimum absolute atomic E-state index is 0.0234. The van der Waals surface area contributed by atoms with Crippen LogP contribution in [-0.2, 0) is 32.5 Å². The van der Waals surface area contributed by atoms with Gasteiger partial charge in [-0.1, -0.05) is 138 Å². The molecule has 0 atom stereocenters. The van der Waals surface area contributed by atoms with Gasteiger partial charge >= 0.3 is 0 Å². The zero-order valence-corrected chi connectivity index (χ0v) is 44.9. The van der Waals surface area contributed by atoms with Crippen LogP contribution in [0.5, 0.6) is 0 Å². The molecule has 3 nitrogen and oxygen atoms in total. The molecule has 0 amide bonds. The van der Waals surface area contributed by atoms with E-state index in [0.29, 0.717) is 5.56 Å². The van der Waals surface area contributed by atoms with Crippen molar-refractivity contribution in [2.24, 2.45) is 0 Å². The number of hydrogen-bond acceptors (Lipinski definition) is 3. The van der Waals surface area contributed by atoms with Crippen molar-refractivity contribution in [3.05, 3.63) is 177 Å². The molecule has 0 unspecified atom stereocenters.